The first kappa shape index (κ1) is 13.7. The molecular formula is C13H13N5O2. The van der Waals surface area contributed by atoms with E-state index >= 15 is 0 Å². The number of amides is 1. The second-order valence-corrected chi connectivity index (χ2v) is 4.48. The van der Waals surface area contributed by atoms with Gasteiger partial charge in [-0.15, -0.1) is 0 Å². The van der Waals surface area contributed by atoms with Crippen LogP contribution in [0.2, 0.25) is 0 Å². The number of hydrogen-bond donors (Lipinski definition) is 0. The highest BCUT2D eigenvalue weighted by atomic mass is 16.5. The fourth-order valence-corrected chi connectivity index (χ4v) is 2.24. The summed E-state index contributed by atoms with van der Waals surface area (Å²) in [7, 11) is 1.53. The van der Waals surface area contributed by atoms with Gasteiger partial charge in [-0.25, -0.2) is 0 Å². The number of hydrogen-bond acceptors (Lipinski definition) is 4. The number of anilines is 1. The van der Waals surface area contributed by atoms with Crippen molar-refractivity contribution in [2.75, 3.05) is 25.1 Å². The number of ether oxygens (including phenoxy) is 1. The van der Waals surface area contributed by atoms with Crippen molar-refractivity contribution in [2.45, 2.75) is 6.42 Å². The zero-order valence-electron chi connectivity index (χ0n) is 11.0. The minimum atomic E-state index is -0.0760. The Kier molecular flexibility index (Phi) is 4.08. The maximum Gasteiger partial charge on any atom is 0.227 e. The van der Waals surface area contributed by atoms with Gasteiger partial charge in [-0.2, -0.15) is 5.26 Å². The second-order valence-electron chi connectivity index (χ2n) is 4.48. The van der Waals surface area contributed by atoms with Crippen LogP contribution in [-0.2, 0) is 4.79 Å². The van der Waals surface area contributed by atoms with Crippen molar-refractivity contribution >= 4 is 11.6 Å². The van der Waals surface area contributed by atoms with Crippen LogP contribution in [0, 0.1) is 17.2 Å². The summed E-state index contributed by atoms with van der Waals surface area (Å²) in [5, 5.41) is 12.6. The third kappa shape index (κ3) is 2.66. The normalized spacial score (nSPS) is 17.5. The molecule has 1 aromatic carbocycles. The SMILES string of the molecule is COc1ccc(C#N)c(N2CC(CN=[N+]=[N-])CC2=O)c1. The first-order valence-electron chi connectivity index (χ1n) is 6.09. The Bertz CT molecular complexity index is 616. The summed E-state index contributed by atoms with van der Waals surface area (Å²) in [6, 6.07) is 7.05. The lowest BCUT2D eigenvalue weighted by Gasteiger charge is -2.18. The van der Waals surface area contributed by atoms with E-state index in [1.54, 1.807) is 23.1 Å². The number of benzene rings is 1. The molecule has 1 saturated heterocycles. The molecule has 102 valence electrons. The zero-order chi connectivity index (χ0) is 14.5. The van der Waals surface area contributed by atoms with Crippen molar-refractivity contribution in [3.8, 4) is 11.8 Å². The third-order valence-electron chi connectivity index (χ3n) is 3.22. The molecule has 20 heavy (non-hydrogen) atoms. The number of carbonyl (C=O) groups is 1. The highest BCUT2D eigenvalue weighted by molar-refractivity contribution is 5.97. The summed E-state index contributed by atoms with van der Waals surface area (Å²) in [4.78, 5) is 16.3. The number of methoxy groups -OCH3 is 1. The Labute approximate surface area is 116 Å². The molecule has 1 heterocycles. The van der Waals surface area contributed by atoms with Gasteiger partial charge < -0.3 is 9.64 Å². The molecule has 7 nitrogen and oxygen atoms in total. The topological polar surface area (TPSA) is 102 Å². The van der Waals surface area contributed by atoms with Crippen molar-refractivity contribution in [1.29, 1.82) is 5.26 Å². The Hall–Kier alpha value is -2.71. The number of carbonyl (C=O) groups excluding carboxylic acids is 1. The Morgan fingerprint density at radius 3 is 3.10 bits per heavy atom. The molecule has 0 spiro atoms. The summed E-state index contributed by atoms with van der Waals surface area (Å²) in [6.07, 6.45) is 0.321. The lowest BCUT2D eigenvalue weighted by atomic mass is 10.1. The van der Waals surface area contributed by atoms with Gasteiger partial charge in [-0.05, 0) is 23.6 Å². The quantitative estimate of drug-likeness (QED) is 0.476. The van der Waals surface area contributed by atoms with Crippen LogP contribution in [0.4, 0.5) is 5.69 Å². The molecule has 1 aliphatic heterocycles. The van der Waals surface area contributed by atoms with Crippen molar-refractivity contribution < 1.29 is 9.53 Å². The Balaban J connectivity index is 2.29. The molecule has 1 fully saturated rings. The molecule has 1 atom stereocenters. The maximum atomic E-state index is 12.1. The molecule has 0 aliphatic carbocycles. The van der Waals surface area contributed by atoms with Crippen LogP contribution in [0.15, 0.2) is 23.3 Å². The average Bonchev–Trinajstić information content (AvgIpc) is 2.85. The van der Waals surface area contributed by atoms with Crippen LogP contribution < -0.4 is 9.64 Å². The highest BCUT2D eigenvalue weighted by Crippen LogP contribution is 2.31. The maximum absolute atomic E-state index is 12.1. The van der Waals surface area contributed by atoms with Gasteiger partial charge in [0.15, 0.2) is 0 Å². The van der Waals surface area contributed by atoms with Crippen molar-refractivity contribution in [2.24, 2.45) is 11.0 Å². The van der Waals surface area contributed by atoms with E-state index in [2.05, 4.69) is 16.1 Å². The predicted octanol–water partition coefficient (Wildman–Crippen LogP) is 2.23. The van der Waals surface area contributed by atoms with Gasteiger partial charge in [0, 0.05) is 30.5 Å². The van der Waals surface area contributed by atoms with E-state index in [1.807, 2.05) is 0 Å². The van der Waals surface area contributed by atoms with E-state index in [0.717, 1.165) is 0 Å². The van der Waals surface area contributed by atoms with Crippen molar-refractivity contribution in [3.63, 3.8) is 0 Å². The van der Waals surface area contributed by atoms with E-state index in [-0.39, 0.29) is 18.4 Å². The van der Waals surface area contributed by atoms with Crippen LogP contribution in [0.3, 0.4) is 0 Å². The van der Waals surface area contributed by atoms with Gasteiger partial charge in [-0.3, -0.25) is 4.79 Å². The third-order valence-corrected chi connectivity index (χ3v) is 3.22. The predicted molar refractivity (Wildman–Crippen MR) is 72.2 cm³/mol. The van der Waals surface area contributed by atoms with E-state index < -0.39 is 0 Å². The molecule has 7 heteroatoms. The highest BCUT2D eigenvalue weighted by Gasteiger charge is 2.31. The van der Waals surface area contributed by atoms with Gasteiger partial charge in [0.25, 0.3) is 0 Å². The molecular weight excluding hydrogens is 258 g/mol. The Morgan fingerprint density at radius 2 is 2.45 bits per heavy atom. The van der Waals surface area contributed by atoms with Crippen LogP contribution in [0.1, 0.15) is 12.0 Å². The number of azide groups is 1. The van der Waals surface area contributed by atoms with Gasteiger partial charge in [0.2, 0.25) is 5.91 Å². The minimum Gasteiger partial charge on any atom is -0.497 e. The first-order valence-corrected chi connectivity index (χ1v) is 6.09. The largest absolute Gasteiger partial charge is 0.497 e. The van der Waals surface area contributed by atoms with Gasteiger partial charge >= 0.3 is 0 Å². The Morgan fingerprint density at radius 1 is 1.65 bits per heavy atom. The van der Waals surface area contributed by atoms with Crippen LogP contribution >= 0.6 is 0 Å². The van der Waals surface area contributed by atoms with Crippen molar-refractivity contribution in [3.05, 3.63) is 34.2 Å². The summed E-state index contributed by atoms with van der Waals surface area (Å²) in [5.41, 5.74) is 9.29. The summed E-state index contributed by atoms with van der Waals surface area (Å²) < 4.78 is 5.13. The van der Waals surface area contributed by atoms with Gasteiger partial charge in [-0.1, -0.05) is 5.11 Å². The second kappa shape index (κ2) is 5.95. The fraction of sp³-hybridized carbons (Fsp3) is 0.385. The summed E-state index contributed by atoms with van der Waals surface area (Å²) in [6.45, 7) is 0.726. The standard InChI is InChI=1S/C13H13N5O2/c1-20-11-3-2-10(6-14)12(5-11)18-8-9(4-13(18)19)7-16-17-15/h2-3,5,9H,4,7-8H2,1H3. The molecule has 0 radical (unpaired) electrons. The first-order chi connectivity index (χ1) is 9.69. The number of nitrogens with zero attached hydrogens (tertiary/aromatic N) is 5. The minimum absolute atomic E-state index is 0.0175. The molecule has 1 aliphatic rings. The number of rotatable bonds is 4. The monoisotopic (exact) mass is 271 g/mol. The molecule has 0 aromatic heterocycles. The fourth-order valence-electron chi connectivity index (χ4n) is 2.24. The van der Waals surface area contributed by atoms with E-state index in [9.17, 15) is 4.79 Å². The van der Waals surface area contributed by atoms with Crippen LogP contribution in [0.25, 0.3) is 10.4 Å². The molecule has 1 amide bonds. The lowest BCUT2D eigenvalue weighted by molar-refractivity contribution is -0.117. The van der Waals surface area contributed by atoms with Gasteiger partial charge in [0.1, 0.15) is 11.8 Å². The zero-order valence-corrected chi connectivity index (χ0v) is 11.0. The molecule has 1 unspecified atom stereocenters. The van der Waals surface area contributed by atoms with E-state index in [1.165, 1.54) is 7.11 Å². The molecule has 0 N–H and O–H groups in total. The van der Waals surface area contributed by atoms with Gasteiger partial charge in [0.05, 0.1) is 18.4 Å². The molecule has 0 saturated carbocycles. The summed E-state index contributed by atoms with van der Waals surface area (Å²) in [5.74, 6) is 0.495. The molecule has 2 rings (SSSR count). The average molecular weight is 271 g/mol. The lowest BCUT2D eigenvalue weighted by Crippen LogP contribution is -2.25. The van der Waals surface area contributed by atoms with Crippen LogP contribution in [0.5, 0.6) is 5.75 Å². The van der Waals surface area contributed by atoms with Crippen LogP contribution in [-0.4, -0.2) is 26.1 Å². The summed E-state index contributed by atoms with van der Waals surface area (Å²) >= 11 is 0. The smallest absolute Gasteiger partial charge is 0.227 e. The molecule has 1 aromatic rings. The van der Waals surface area contributed by atoms with Crippen molar-refractivity contribution in [1.82, 2.24) is 0 Å². The number of nitriles is 1. The van der Waals surface area contributed by atoms with E-state index in [0.29, 0.717) is 30.0 Å². The molecule has 0 bridgehead atoms. The van der Waals surface area contributed by atoms with E-state index in [4.69, 9.17) is 15.5 Å².